The molecule has 4 heteroatoms. The van der Waals surface area contributed by atoms with E-state index in [4.69, 9.17) is 15.0 Å². The summed E-state index contributed by atoms with van der Waals surface area (Å²) in [6.07, 6.45) is 0. The molecular weight excluding hydrogens is 621 g/mol. The molecule has 0 saturated heterocycles. The standard InChI is InChI=1S/C47H30N4/c1-2-13-32(14-3-1)45-48-46(38-27-26-36-29-35(24-25-37(36)30-38)34-23-22-31-12-4-5-15-33(31)28-34)50-47(49-45)41-18-8-11-21-44(41)51-42-19-9-6-16-39(42)40-17-7-10-20-43(40)51/h1-30H. The Bertz CT molecular complexity index is 2870. The Hall–Kier alpha value is -6.91. The molecule has 51 heavy (non-hydrogen) atoms. The van der Waals surface area contributed by atoms with E-state index in [0.717, 1.165) is 38.8 Å². The average molecular weight is 651 g/mol. The summed E-state index contributed by atoms with van der Waals surface area (Å²) in [7, 11) is 0. The number of fused-ring (bicyclic) bond motifs is 5. The van der Waals surface area contributed by atoms with Gasteiger partial charge < -0.3 is 4.57 Å². The molecule has 10 aromatic rings. The van der Waals surface area contributed by atoms with E-state index in [9.17, 15) is 0 Å². The van der Waals surface area contributed by atoms with Crippen LogP contribution in [0, 0.1) is 0 Å². The Labute approximate surface area is 295 Å². The van der Waals surface area contributed by atoms with Crippen molar-refractivity contribution in [1.82, 2.24) is 19.5 Å². The van der Waals surface area contributed by atoms with E-state index < -0.39 is 0 Å². The lowest BCUT2D eigenvalue weighted by atomic mass is 9.98. The zero-order valence-corrected chi connectivity index (χ0v) is 27.6. The zero-order valence-electron chi connectivity index (χ0n) is 27.6. The number of hydrogen-bond donors (Lipinski definition) is 0. The van der Waals surface area contributed by atoms with Gasteiger partial charge in [0.15, 0.2) is 17.5 Å². The van der Waals surface area contributed by atoms with Gasteiger partial charge in [-0.2, -0.15) is 0 Å². The van der Waals surface area contributed by atoms with Crippen molar-refractivity contribution in [2.75, 3.05) is 0 Å². The number of rotatable bonds is 5. The highest BCUT2D eigenvalue weighted by Crippen LogP contribution is 2.36. The molecule has 0 aliphatic rings. The Morgan fingerprint density at radius 3 is 1.49 bits per heavy atom. The van der Waals surface area contributed by atoms with E-state index in [-0.39, 0.29) is 0 Å². The number of hydrogen-bond acceptors (Lipinski definition) is 3. The monoisotopic (exact) mass is 650 g/mol. The fraction of sp³-hybridized carbons (Fsp3) is 0. The van der Waals surface area contributed by atoms with Gasteiger partial charge in [-0.3, -0.25) is 0 Å². The molecule has 0 aliphatic heterocycles. The molecule has 0 amide bonds. The molecule has 10 rings (SSSR count). The third-order valence-electron chi connectivity index (χ3n) is 9.81. The van der Waals surface area contributed by atoms with Gasteiger partial charge in [0.1, 0.15) is 0 Å². The third kappa shape index (κ3) is 5.04. The Morgan fingerprint density at radius 2 is 0.784 bits per heavy atom. The molecule has 238 valence electrons. The van der Waals surface area contributed by atoms with Gasteiger partial charge in [-0.15, -0.1) is 0 Å². The van der Waals surface area contributed by atoms with Crippen molar-refractivity contribution in [3.63, 3.8) is 0 Å². The molecule has 8 aromatic carbocycles. The first-order chi connectivity index (χ1) is 25.3. The van der Waals surface area contributed by atoms with Crippen molar-refractivity contribution in [1.29, 1.82) is 0 Å². The Morgan fingerprint density at radius 1 is 0.314 bits per heavy atom. The molecule has 2 heterocycles. The van der Waals surface area contributed by atoms with Crippen molar-refractivity contribution in [2.24, 2.45) is 0 Å². The molecular formula is C47H30N4. The maximum atomic E-state index is 5.20. The van der Waals surface area contributed by atoms with Crippen LogP contribution in [0.1, 0.15) is 0 Å². The molecule has 2 aromatic heterocycles. The predicted molar refractivity (Wildman–Crippen MR) is 211 cm³/mol. The maximum Gasteiger partial charge on any atom is 0.166 e. The van der Waals surface area contributed by atoms with Gasteiger partial charge in [-0.05, 0) is 75.1 Å². The summed E-state index contributed by atoms with van der Waals surface area (Å²) in [5, 5.41) is 7.21. The number of benzene rings is 8. The second kappa shape index (κ2) is 11.9. The lowest BCUT2D eigenvalue weighted by molar-refractivity contribution is 1.06. The van der Waals surface area contributed by atoms with Gasteiger partial charge in [-0.25, -0.2) is 15.0 Å². The molecule has 0 fully saturated rings. The fourth-order valence-electron chi connectivity index (χ4n) is 7.31. The minimum atomic E-state index is 0.628. The van der Waals surface area contributed by atoms with Crippen LogP contribution in [0.4, 0.5) is 0 Å². The van der Waals surface area contributed by atoms with Gasteiger partial charge in [0.05, 0.1) is 16.7 Å². The minimum Gasteiger partial charge on any atom is -0.309 e. The van der Waals surface area contributed by atoms with E-state index in [1.54, 1.807) is 0 Å². The zero-order chi connectivity index (χ0) is 33.7. The van der Waals surface area contributed by atoms with Crippen molar-refractivity contribution >= 4 is 43.4 Å². The first kappa shape index (κ1) is 29.0. The van der Waals surface area contributed by atoms with Crippen LogP contribution in [0.25, 0.3) is 94.3 Å². The van der Waals surface area contributed by atoms with Crippen molar-refractivity contribution in [3.8, 4) is 51.0 Å². The fourth-order valence-corrected chi connectivity index (χ4v) is 7.31. The number of para-hydroxylation sites is 3. The molecule has 4 nitrogen and oxygen atoms in total. The van der Waals surface area contributed by atoms with Crippen molar-refractivity contribution in [3.05, 3.63) is 182 Å². The quantitative estimate of drug-likeness (QED) is 0.186. The van der Waals surface area contributed by atoms with Crippen LogP contribution in [0.5, 0.6) is 0 Å². The van der Waals surface area contributed by atoms with E-state index in [2.05, 4.69) is 168 Å². The van der Waals surface area contributed by atoms with Gasteiger partial charge in [0, 0.05) is 27.5 Å². The topological polar surface area (TPSA) is 43.6 Å². The molecule has 0 bridgehead atoms. The summed E-state index contributed by atoms with van der Waals surface area (Å²) in [6.45, 7) is 0. The molecule has 0 radical (unpaired) electrons. The molecule has 0 saturated carbocycles. The van der Waals surface area contributed by atoms with Gasteiger partial charge >= 0.3 is 0 Å². The molecule has 0 N–H and O–H groups in total. The minimum absolute atomic E-state index is 0.628. The second-order valence-corrected chi connectivity index (χ2v) is 12.9. The van der Waals surface area contributed by atoms with Crippen molar-refractivity contribution in [2.45, 2.75) is 0 Å². The summed E-state index contributed by atoms with van der Waals surface area (Å²) in [4.78, 5) is 15.4. The van der Waals surface area contributed by atoms with E-state index in [1.807, 2.05) is 18.2 Å². The van der Waals surface area contributed by atoms with Gasteiger partial charge in [0.25, 0.3) is 0 Å². The summed E-state index contributed by atoms with van der Waals surface area (Å²) in [5.74, 6) is 1.90. The van der Waals surface area contributed by atoms with Crippen LogP contribution in [0.15, 0.2) is 182 Å². The van der Waals surface area contributed by atoms with Gasteiger partial charge in [0.2, 0.25) is 0 Å². The normalized spacial score (nSPS) is 11.5. The highest BCUT2D eigenvalue weighted by Gasteiger charge is 2.19. The summed E-state index contributed by atoms with van der Waals surface area (Å²) >= 11 is 0. The SMILES string of the molecule is c1ccc(-c2nc(-c3ccc4cc(-c5ccc6ccccc6c5)ccc4c3)nc(-c3ccccc3-n3c4ccccc4c4ccccc43)n2)cc1. The van der Waals surface area contributed by atoms with Crippen LogP contribution in [0.2, 0.25) is 0 Å². The number of nitrogens with zero attached hydrogens (tertiary/aromatic N) is 4. The van der Waals surface area contributed by atoms with Crippen LogP contribution in [-0.2, 0) is 0 Å². The molecule has 0 spiro atoms. The van der Waals surface area contributed by atoms with Crippen molar-refractivity contribution < 1.29 is 0 Å². The highest BCUT2D eigenvalue weighted by molar-refractivity contribution is 6.09. The highest BCUT2D eigenvalue weighted by atomic mass is 15.1. The van der Waals surface area contributed by atoms with Crippen LogP contribution >= 0.6 is 0 Å². The van der Waals surface area contributed by atoms with E-state index >= 15 is 0 Å². The molecule has 0 unspecified atom stereocenters. The summed E-state index contributed by atoms with van der Waals surface area (Å²) < 4.78 is 2.33. The third-order valence-corrected chi connectivity index (χ3v) is 9.81. The lowest BCUT2D eigenvalue weighted by Crippen LogP contribution is -2.03. The number of aromatic nitrogens is 4. The van der Waals surface area contributed by atoms with Crippen LogP contribution < -0.4 is 0 Å². The van der Waals surface area contributed by atoms with Crippen LogP contribution in [0.3, 0.4) is 0 Å². The first-order valence-corrected chi connectivity index (χ1v) is 17.2. The largest absolute Gasteiger partial charge is 0.309 e. The molecule has 0 atom stereocenters. The molecule has 0 aliphatic carbocycles. The Balaban J connectivity index is 1.13. The summed E-state index contributed by atoms with van der Waals surface area (Å²) in [6, 6.07) is 64.0. The Kier molecular flexibility index (Phi) is 6.78. The average Bonchev–Trinajstić information content (AvgIpc) is 3.54. The maximum absolute atomic E-state index is 5.20. The lowest BCUT2D eigenvalue weighted by Gasteiger charge is -2.14. The summed E-state index contributed by atoms with van der Waals surface area (Å²) in [5.41, 5.74) is 8.51. The first-order valence-electron chi connectivity index (χ1n) is 17.2. The second-order valence-electron chi connectivity index (χ2n) is 12.9. The van der Waals surface area contributed by atoms with E-state index in [0.29, 0.717) is 17.5 Å². The predicted octanol–water partition coefficient (Wildman–Crippen LogP) is 11.9. The van der Waals surface area contributed by atoms with Crippen LogP contribution in [-0.4, -0.2) is 19.5 Å². The van der Waals surface area contributed by atoms with E-state index in [1.165, 1.54) is 38.1 Å². The van der Waals surface area contributed by atoms with Gasteiger partial charge in [-0.1, -0.05) is 140 Å². The smallest absolute Gasteiger partial charge is 0.166 e.